The topological polar surface area (TPSA) is 46.2 Å². The monoisotopic (exact) mass is 239 g/mol. The molecule has 1 fully saturated rings. The van der Waals surface area contributed by atoms with Crippen LogP contribution in [0, 0.1) is 0 Å². The molecule has 0 bridgehead atoms. The third kappa shape index (κ3) is 3.41. The maximum Gasteiger partial charge on any atom is 0.214 e. The van der Waals surface area contributed by atoms with E-state index < -0.39 is 10.0 Å². The lowest BCUT2D eigenvalue weighted by Gasteiger charge is -2.13. The van der Waals surface area contributed by atoms with Gasteiger partial charge < -0.3 is 0 Å². The van der Waals surface area contributed by atoms with Gasteiger partial charge in [0.05, 0.1) is 5.25 Å². The standard InChI is InChI=1S/C9H18ClNO2S/c1-2-8(10)7-11-14(12,13)9-5-3-4-6-9/h8-9,11H,2-7H2,1H3. The molecule has 0 heterocycles. The molecule has 1 aliphatic carbocycles. The molecule has 1 N–H and O–H groups in total. The maximum atomic E-state index is 11.7. The van der Waals surface area contributed by atoms with Gasteiger partial charge in [-0.1, -0.05) is 19.8 Å². The average Bonchev–Trinajstić information content (AvgIpc) is 2.67. The van der Waals surface area contributed by atoms with Crippen molar-refractivity contribution in [1.29, 1.82) is 0 Å². The van der Waals surface area contributed by atoms with Gasteiger partial charge in [0.15, 0.2) is 0 Å². The number of hydrogen-bond donors (Lipinski definition) is 1. The van der Waals surface area contributed by atoms with Crippen molar-refractivity contribution < 1.29 is 8.42 Å². The summed E-state index contributed by atoms with van der Waals surface area (Å²) in [5, 5.41) is -0.269. The highest BCUT2D eigenvalue weighted by Crippen LogP contribution is 2.23. The first kappa shape index (κ1) is 12.3. The van der Waals surface area contributed by atoms with Crippen LogP contribution in [-0.2, 0) is 10.0 Å². The highest BCUT2D eigenvalue weighted by Gasteiger charge is 2.28. The van der Waals surface area contributed by atoms with Crippen LogP contribution in [0.2, 0.25) is 0 Å². The number of sulfonamides is 1. The highest BCUT2D eigenvalue weighted by atomic mass is 35.5. The van der Waals surface area contributed by atoms with Crippen LogP contribution in [0.1, 0.15) is 39.0 Å². The van der Waals surface area contributed by atoms with E-state index in [1.165, 1.54) is 0 Å². The molecule has 0 radical (unpaired) electrons. The lowest BCUT2D eigenvalue weighted by molar-refractivity contribution is 0.562. The molecule has 0 aromatic heterocycles. The molecule has 84 valence electrons. The van der Waals surface area contributed by atoms with Crippen molar-refractivity contribution >= 4 is 21.6 Å². The van der Waals surface area contributed by atoms with Gasteiger partial charge >= 0.3 is 0 Å². The Labute approximate surface area is 91.3 Å². The summed E-state index contributed by atoms with van der Waals surface area (Å²) in [5.41, 5.74) is 0. The van der Waals surface area contributed by atoms with Gasteiger partial charge in [0.25, 0.3) is 0 Å². The van der Waals surface area contributed by atoms with Crippen LogP contribution in [0.25, 0.3) is 0 Å². The van der Waals surface area contributed by atoms with Gasteiger partial charge in [0.2, 0.25) is 10.0 Å². The summed E-state index contributed by atoms with van der Waals surface area (Å²) in [6, 6.07) is 0. The fraction of sp³-hybridized carbons (Fsp3) is 1.00. The molecular formula is C9H18ClNO2S. The van der Waals surface area contributed by atoms with Gasteiger partial charge in [-0.25, -0.2) is 13.1 Å². The minimum atomic E-state index is -3.10. The van der Waals surface area contributed by atoms with Crippen molar-refractivity contribution in [3.63, 3.8) is 0 Å². The molecule has 1 unspecified atom stereocenters. The smallest absolute Gasteiger partial charge is 0.214 e. The molecular weight excluding hydrogens is 222 g/mol. The van der Waals surface area contributed by atoms with E-state index in [0.29, 0.717) is 6.54 Å². The third-order valence-electron chi connectivity index (χ3n) is 2.69. The van der Waals surface area contributed by atoms with Crippen molar-refractivity contribution in [2.45, 2.75) is 49.7 Å². The number of alkyl halides is 1. The van der Waals surface area contributed by atoms with Gasteiger partial charge in [0.1, 0.15) is 0 Å². The summed E-state index contributed by atoms with van der Waals surface area (Å²) in [6.45, 7) is 2.30. The maximum absolute atomic E-state index is 11.7. The van der Waals surface area contributed by atoms with E-state index in [1.807, 2.05) is 6.92 Å². The van der Waals surface area contributed by atoms with E-state index in [1.54, 1.807) is 0 Å². The number of nitrogens with one attached hydrogen (secondary N) is 1. The zero-order chi connectivity index (χ0) is 10.6. The van der Waals surface area contributed by atoms with E-state index in [4.69, 9.17) is 11.6 Å². The molecule has 0 aromatic rings. The van der Waals surface area contributed by atoms with Crippen molar-refractivity contribution in [3.8, 4) is 0 Å². The van der Waals surface area contributed by atoms with Crippen molar-refractivity contribution in [2.24, 2.45) is 0 Å². The number of hydrogen-bond acceptors (Lipinski definition) is 2. The predicted octanol–water partition coefficient (Wildman–Crippen LogP) is 1.87. The molecule has 3 nitrogen and oxygen atoms in total. The van der Waals surface area contributed by atoms with E-state index in [0.717, 1.165) is 32.1 Å². The molecule has 0 amide bonds. The summed E-state index contributed by atoms with van der Waals surface area (Å²) in [4.78, 5) is 0. The lowest BCUT2D eigenvalue weighted by Crippen LogP contribution is -2.36. The molecule has 0 spiro atoms. The summed E-state index contributed by atoms with van der Waals surface area (Å²) in [7, 11) is -3.10. The molecule has 1 saturated carbocycles. The Balaban J connectivity index is 2.41. The Morgan fingerprint density at radius 2 is 2.00 bits per heavy atom. The first-order valence-corrected chi connectivity index (χ1v) is 7.17. The Hall–Kier alpha value is 0.200. The van der Waals surface area contributed by atoms with E-state index in [-0.39, 0.29) is 10.6 Å². The quantitative estimate of drug-likeness (QED) is 0.745. The SMILES string of the molecule is CCC(Cl)CNS(=O)(=O)C1CCCC1. The first-order valence-electron chi connectivity index (χ1n) is 5.19. The predicted molar refractivity (Wildman–Crippen MR) is 59.1 cm³/mol. The van der Waals surface area contributed by atoms with Crippen LogP contribution in [-0.4, -0.2) is 25.6 Å². The van der Waals surface area contributed by atoms with Crippen molar-refractivity contribution in [3.05, 3.63) is 0 Å². The highest BCUT2D eigenvalue weighted by molar-refractivity contribution is 7.90. The fourth-order valence-electron chi connectivity index (χ4n) is 1.67. The largest absolute Gasteiger partial charge is 0.214 e. The fourth-order valence-corrected chi connectivity index (χ4v) is 3.46. The molecule has 0 aliphatic heterocycles. The summed E-state index contributed by atoms with van der Waals surface area (Å²) < 4.78 is 26.0. The van der Waals surface area contributed by atoms with Crippen LogP contribution in [0.3, 0.4) is 0 Å². The Morgan fingerprint density at radius 1 is 1.43 bits per heavy atom. The summed E-state index contributed by atoms with van der Waals surface area (Å²) in [5.74, 6) is 0. The van der Waals surface area contributed by atoms with Gasteiger partial charge in [-0.3, -0.25) is 0 Å². The second-order valence-electron chi connectivity index (χ2n) is 3.81. The average molecular weight is 240 g/mol. The summed E-state index contributed by atoms with van der Waals surface area (Å²) in [6.07, 6.45) is 4.45. The Kier molecular flexibility index (Phi) is 4.67. The van der Waals surface area contributed by atoms with Gasteiger partial charge in [-0.2, -0.15) is 0 Å². The normalized spacial score (nSPS) is 21.3. The van der Waals surface area contributed by atoms with Crippen LogP contribution in [0.4, 0.5) is 0 Å². The minimum Gasteiger partial charge on any atom is -0.214 e. The molecule has 5 heteroatoms. The Morgan fingerprint density at radius 3 is 2.50 bits per heavy atom. The van der Waals surface area contributed by atoms with Crippen LogP contribution >= 0.6 is 11.6 Å². The zero-order valence-corrected chi connectivity index (χ0v) is 10.1. The van der Waals surface area contributed by atoms with E-state index in [9.17, 15) is 8.42 Å². The van der Waals surface area contributed by atoms with Gasteiger partial charge in [-0.15, -0.1) is 11.6 Å². The summed E-state index contributed by atoms with van der Waals surface area (Å²) >= 11 is 5.85. The number of rotatable bonds is 5. The lowest BCUT2D eigenvalue weighted by atomic mass is 10.3. The zero-order valence-electron chi connectivity index (χ0n) is 8.50. The molecule has 0 saturated heterocycles. The van der Waals surface area contributed by atoms with Crippen LogP contribution in [0.5, 0.6) is 0 Å². The number of halogens is 1. The molecule has 14 heavy (non-hydrogen) atoms. The Bertz CT molecular complexity index is 260. The van der Waals surface area contributed by atoms with Gasteiger partial charge in [-0.05, 0) is 19.3 Å². The van der Waals surface area contributed by atoms with Crippen molar-refractivity contribution in [2.75, 3.05) is 6.54 Å². The van der Waals surface area contributed by atoms with Crippen LogP contribution in [0.15, 0.2) is 0 Å². The molecule has 1 aliphatic rings. The second-order valence-corrected chi connectivity index (χ2v) is 6.47. The third-order valence-corrected chi connectivity index (χ3v) is 5.07. The first-order chi connectivity index (χ1) is 6.56. The molecule has 1 atom stereocenters. The van der Waals surface area contributed by atoms with E-state index >= 15 is 0 Å². The minimum absolute atomic E-state index is 0.0915. The molecule has 0 aromatic carbocycles. The van der Waals surface area contributed by atoms with Crippen molar-refractivity contribution in [1.82, 2.24) is 4.72 Å². The van der Waals surface area contributed by atoms with E-state index in [2.05, 4.69) is 4.72 Å². The van der Waals surface area contributed by atoms with Gasteiger partial charge in [0, 0.05) is 11.9 Å². The second kappa shape index (κ2) is 5.33. The molecule has 1 rings (SSSR count). The van der Waals surface area contributed by atoms with Crippen LogP contribution < -0.4 is 4.72 Å².